The molecule has 1 amide bonds. The number of carbonyl (C=O) groups excluding carboxylic acids is 1. The lowest BCUT2D eigenvalue weighted by atomic mass is 10.1. The average Bonchev–Trinajstić information content (AvgIpc) is 3.46. The number of fused-ring (bicyclic) bond motifs is 2. The number of hydrogen-bond donors (Lipinski definition) is 2. The van der Waals surface area contributed by atoms with E-state index in [2.05, 4.69) is 49.4 Å². The van der Waals surface area contributed by atoms with Gasteiger partial charge in [0.05, 0.1) is 35.0 Å². The molecule has 0 spiro atoms. The number of nitrogens with one attached hydrogen (secondary N) is 2. The molecule has 6 rings (SSSR count). The topological polar surface area (TPSA) is 115 Å². The number of benzene rings is 1. The Balaban J connectivity index is 1.34. The predicted octanol–water partition coefficient (Wildman–Crippen LogP) is 3.55. The zero-order chi connectivity index (χ0) is 26.4. The van der Waals surface area contributed by atoms with E-state index in [-0.39, 0.29) is 5.91 Å². The fraction of sp³-hybridized carbons (Fsp3) is 0.296. The molecule has 1 aliphatic rings. The molecule has 5 heterocycles. The van der Waals surface area contributed by atoms with Crippen molar-refractivity contribution in [1.82, 2.24) is 34.4 Å². The summed E-state index contributed by atoms with van der Waals surface area (Å²) in [4.78, 5) is 29.6. The van der Waals surface area contributed by atoms with E-state index in [4.69, 9.17) is 4.74 Å². The number of imidazole rings is 1. The van der Waals surface area contributed by atoms with Crippen LogP contribution in [0.4, 0.5) is 11.4 Å². The van der Waals surface area contributed by atoms with E-state index in [1.54, 1.807) is 35.5 Å². The van der Waals surface area contributed by atoms with Gasteiger partial charge in [-0.05, 0) is 32.9 Å². The van der Waals surface area contributed by atoms with Gasteiger partial charge in [0, 0.05) is 63.1 Å². The van der Waals surface area contributed by atoms with E-state index >= 15 is 0 Å². The highest BCUT2D eigenvalue weighted by Crippen LogP contribution is 2.31. The number of piperazine rings is 1. The van der Waals surface area contributed by atoms with Gasteiger partial charge in [-0.2, -0.15) is 5.10 Å². The summed E-state index contributed by atoms with van der Waals surface area (Å²) in [6, 6.07) is 6.25. The molecule has 1 saturated heterocycles. The minimum Gasteiger partial charge on any atom is -0.450 e. The fourth-order valence-electron chi connectivity index (χ4n) is 5.11. The Hall–Kier alpha value is -4.51. The summed E-state index contributed by atoms with van der Waals surface area (Å²) in [5.41, 5.74) is 4.74. The normalized spacial score (nSPS) is 17.7. The third-order valence-corrected chi connectivity index (χ3v) is 6.55. The first-order valence-corrected chi connectivity index (χ1v) is 12.6. The number of pyridine rings is 1. The van der Waals surface area contributed by atoms with Gasteiger partial charge in [0.15, 0.2) is 17.1 Å². The zero-order valence-electron chi connectivity index (χ0n) is 21.7. The van der Waals surface area contributed by atoms with Crippen LogP contribution in [0, 0.1) is 6.92 Å². The Bertz CT molecular complexity index is 1650. The molecule has 0 aliphatic carbocycles. The van der Waals surface area contributed by atoms with Crippen LogP contribution in [0.2, 0.25) is 0 Å². The Morgan fingerprint density at radius 3 is 2.58 bits per heavy atom. The molecule has 2 N–H and O–H groups in total. The van der Waals surface area contributed by atoms with Gasteiger partial charge in [0.25, 0.3) is 5.91 Å². The largest absolute Gasteiger partial charge is 0.450 e. The van der Waals surface area contributed by atoms with Gasteiger partial charge in [-0.1, -0.05) is 0 Å². The maximum absolute atomic E-state index is 13.6. The SMILES string of the molecule is Cc1cn2cc(NC(=O)c3ccc(N4C[C@@H](C)N[C@@H](C)C4)c4nccnc34)cc(Oc3cnn(C)c3)c2n1. The van der Waals surface area contributed by atoms with Crippen molar-refractivity contribution in [1.29, 1.82) is 0 Å². The third-order valence-electron chi connectivity index (χ3n) is 6.55. The Morgan fingerprint density at radius 2 is 1.84 bits per heavy atom. The van der Waals surface area contributed by atoms with Gasteiger partial charge >= 0.3 is 0 Å². The van der Waals surface area contributed by atoms with Crippen molar-refractivity contribution in [2.24, 2.45) is 7.05 Å². The molecule has 38 heavy (non-hydrogen) atoms. The molecule has 2 atom stereocenters. The second-order valence-corrected chi connectivity index (χ2v) is 9.87. The van der Waals surface area contributed by atoms with Crippen molar-refractivity contribution in [2.75, 3.05) is 23.3 Å². The first-order valence-electron chi connectivity index (χ1n) is 12.6. The van der Waals surface area contributed by atoms with E-state index in [1.165, 1.54) is 0 Å². The molecule has 0 unspecified atom stereocenters. The zero-order valence-corrected chi connectivity index (χ0v) is 21.7. The van der Waals surface area contributed by atoms with Crippen molar-refractivity contribution in [3.63, 3.8) is 0 Å². The summed E-state index contributed by atoms with van der Waals surface area (Å²) in [7, 11) is 1.82. The number of anilines is 2. The highest BCUT2D eigenvalue weighted by molar-refractivity contribution is 6.13. The Kier molecular flexibility index (Phi) is 5.91. The predicted molar refractivity (Wildman–Crippen MR) is 145 cm³/mol. The van der Waals surface area contributed by atoms with Crippen molar-refractivity contribution in [3.05, 3.63) is 66.6 Å². The smallest absolute Gasteiger partial charge is 0.257 e. The number of aromatic nitrogens is 6. The van der Waals surface area contributed by atoms with Gasteiger partial charge in [-0.15, -0.1) is 0 Å². The molecular formula is C27H29N9O2. The lowest BCUT2D eigenvalue weighted by molar-refractivity contribution is 0.102. The second kappa shape index (κ2) is 9.42. The number of nitrogens with zero attached hydrogens (tertiary/aromatic N) is 7. The number of rotatable bonds is 5. The highest BCUT2D eigenvalue weighted by atomic mass is 16.5. The van der Waals surface area contributed by atoms with Crippen molar-refractivity contribution < 1.29 is 9.53 Å². The molecule has 11 heteroatoms. The highest BCUT2D eigenvalue weighted by Gasteiger charge is 2.25. The van der Waals surface area contributed by atoms with E-state index in [9.17, 15) is 4.79 Å². The fourth-order valence-corrected chi connectivity index (χ4v) is 5.11. The minimum absolute atomic E-state index is 0.285. The number of carbonyl (C=O) groups is 1. The molecule has 4 aromatic heterocycles. The number of aryl methyl sites for hydroxylation is 2. The molecule has 1 fully saturated rings. The summed E-state index contributed by atoms with van der Waals surface area (Å²) >= 11 is 0. The number of amides is 1. The first-order chi connectivity index (χ1) is 18.3. The molecular weight excluding hydrogens is 482 g/mol. The monoisotopic (exact) mass is 511 g/mol. The van der Waals surface area contributed by atoms with Crippen molar-refractivity contribution >= 4 is 34.0 Å². The average molecular weight is 512 g/mol. The molecule has 1 aliphatic heterocycles. The van der Waals surface area contributed by atoms with Gasteiger partial charge in [-0.3, -0.25) is 19.4 Å². The summed E-state index contributed by atoms with van der Waals surface area (Å²) in [5.74, 6) is 0.797. The van der Waals surface area contributed by atoms with Crippen LogP contribution in [0.25, 0.3) is 16.7 Å². The lowest BCUT2D eigenvalue weighted by Crippen LogP contribution is -2.54. The molecule has 5 aromatic rings. The van der Waals surface area contributed by atoms with Crippen LogP contribution in [-0.2, 0) is 7.05 Å². The summed E-state index contributed by atoms with van der Waals surface area (Å²) in [6.45, 7) is 7.95. The van der Waals surface area contributed by atoms with Gasteiger partial charge in [-0.25, -0.2) is 4.98 Å². The molecule has 0 saturated carbocycles. The van der Waals surface area contributed by atoms with Gasteiger partial charge in [0.1, 0.15) is 11.0 Å². The maximum Gasteiger partial charge on any atom is 0.257 e. The molecule has 0 radical (unpaired) electrons. The second-order valence-electron chi connectivity index (χ2n) is 9.87. The number of hydrogen-bond acceptors (Lipinski definition) is 8. The van der Waals surface area contributed by atoms with Gasteiger partial charge < -0.3 is 24.7 Å². The van der Waals surface area contributed by atoms with Crippen LogP contribution in [0.5, 0.6) is 11.5 Å². The van der Waals surface area contributed by atoms with Crippen LogP contribution < -0.4 is 20.3 Å². The molecule has 1 aromatic carbocycles. The maximum atomic E-state index is 13.6. The Labute approximate surface area is 219 Å². The molecule has 194 valence electrons. The van der Waals surface area contributed by atoms with E-state index in [0.717, 1.165) is 24.5 Å². The summed E-state index contributed by atoms with van der Waals surface area (Å²) in [5, 5.41) is 10.7. The molecule has 0 bridgehead atoms. The Morgan fingerprint density at radius 1 is 1.08 bits per heavy atom. The quantitative estimate of drug-likeness (QED) is 0.368. The summed E-state index contributed by atoms with van der Waals surface area (Å²) in [6.07, 6.45) is 10.4. The molecule has 11 nitrogen and oxygen atoms in total. The van der Waals surface area contributed by atoms with Crippen LogP contribution in [0.15, 0.2) is 55.4 Å². The third kappa shape index (κ3) is 4.52. The van der Waals surface area contributed by atoms with Crippen LogP contribution in [0.1, 0.15) is 29.9 Å². The van der Waals surface area contributed by atoms with E-state index in [0.29, 0.717) is 51.5 Å². The number of ether oxygens (including phenoxy) is 1. The van der Waals surface area contributed by atoms with Gasteiger partial charge in [0.2, 0.25) is 0 Å². The summed E-state index contributed by atoms with van der Waals surface area (Å²) < 4.78 is 9.57. The van der Waals surface area contributed by atoms with Crippen LogP contribution in [0.3, 0.4) is 0 Å². The van der Waals surface area contributed by atoms with E-state index in [1.807, 2.05) is 42.9 Å². The van der Waals surface area contributed by atoms with Crippen molar-refractivity contribution in [2.45, 2.75) is 32.9 Å². The standard InChI is InChI=1S/C27H29N9O2/c1-16-11-35(12-17(2)31-16)22-6-5-21(24-25(22)29-8-7-28-24)27(37)33-19-9-23(38-20-10-30-34(4)15-20)26-32-18(3)13-36(26)14-19/h5-10,13-17,31H,11-12H2,1-4H3,(H,33,37)/t16-,17+. The van der Waals surface area contributed by atoms with Crippen LogP contribution >= 0.6 is 0 Å². The van der Waals surface area contributed by atoms with Crippen molar-refractivity contribution in [3.8, 4) is 11.5 Å². The van der Waals surface area contributed by atoms with E-state index < -0.39 is 0 Å². The van der Waals surface area contributed by atoms with Crippen LogP contribution in [-0.4, -0.2) is 60.2 Å². The lowest BCUT2D eigenvalue weighted by Gasteiger charge is -2.38. The first kappa shape index (κ1) is 23.9. The minimum atomic E-state index is -0.285.